The average molecular weight is 323 g/mol. The van der Waals surface area contributed by atoms with Crippen LogP contribution >= 0.6 is 0 Å². The van der Waals surface area contributed by atoms with Gasteiger partial charge in [-0.1, -0.05) is 6.92 Å². The van der Waals surface area contributed by atoms with Crippen molar-refractivity contribution in [3.8, 4) is 0 Å². The van der Waals surface area contributed by atoms with E-state index in [1.54, 1.807) is 27.7 Å². The minimum atomic E-state index is -3.18. The van der Waals surface area contributed by atoms with Crippen molar-refractivity contribution in [2.45, 2.75) is 26.2 Å². The Balaban J connectivity index is 1.76. The van der Waals surface area contributed by atoms with E-state index in [4.69, 9.17) is 0 Å². The topological polar surface area (TPSA) is 70.6 Å². The second-order valence-electron chi connectivity index (χ2n) is 6.27. The van der Waals surface area contributed by atoms with Crippen LogP contribution in [0.2, 0.25) is 0 Å². The Morgan fingerprint density at radius 2 is 2.18 bits per heavy atom. The van der Waals surface area contributed by atoms with E-state index in [9.17, 15) is 13.2 Å². The summed E-state index contributed by atoms with van der Waals surface area (Å²) < 4.78 is 26.0. The van der Waals surface area contributed by atoms with E-state index >= 15 is 0 Å². The van der Waals surface area contributed by atoms with Crippen LogP contribution in [0.4, 0.5) is 5.69 Å². The summed E-state index contributed by atoms with van der Waals surface area (Å²) in [5, 5.41) is 0. The smallest absolute Gasteiger partial charge is 0.227 e. The third-order valence-corrected chi connectivity index (χ3v) is 6.56. The molecule has 1 amide bonds. The van der Waals surface area contributed by atoms with Crippen LogP contribution in [0, 0.1) is 5.41 Å². The van der Waals surface area contributed by atoms with E-state index in [1.165, 1.54) is 0 Å². The fourth-order valence-corrected chi connectivity index (χ4v) is 5.05. The van der Waals surface area contributed by atoms with Crippen molar-refractivity contribution in [2.75, 3.05) is 30.3 Å². The van der Waals surface area contributed by atoms with Crippen molar-refractivity contribution in [3.05, 3.63) is 24.5 Å². The van der Waals surface area contributed by atoms with Gasteiger partial charge in [0.1, 0.15) is 0 Å². The number of nitrogens with zero attached hydrogens (tertiary/aromatic N) is 3. The van der Waals surface area contributed by atoms with Crippen LogP contribution in [-0.2, 0) is 14.8 Å². The summed E-state index contributed by atoms with van der Waals surface area (Å²) in [6.45, 7) is 3.43. The number of anilines is 1. The Labute approximate surface area is 131 Å². The predicted octanol–water partition coefficient (Wildman–Crippen LogP) is 1.25. The van der Waals surface area contributed by atoms with Crippen molar-refractivity contribution < 1.29 is 13.2 Å². The Bertz CT molecular complexity index is 662. The minimum absolute atomic E-state index is 0.0581. The molecule has 1 atom stereocenters. The molecule has 3 rings (SSSR count). The van der Waals surface area contributed by atoms with Crippen molar-refractivity contribution in [2.24, 2.45) is 5.41 Å². The second-order valence-corrected chi connectivity index (χ2v) is 8.36. The van der Waals surface area contributed by atoms with E-state index in [2.05, 4.69) is 4.98 Å². The van der Waals surface area contributed by atoms with E-state index in [0.717, 1.165) is 12.1 Å². The van der Waals surface area contributed by atoms with Gasteiger partial charge in [-0.25, -0.2) is 12.7 Å². The molecule has 1 aromatic rings. The largest absolute Gasteiger partial charge is 0.310 e. The number of pyridine rings is 1. The van der Waals surface area contributed by atoms with Gasteiger partial charge in [-0.15, -0.1) is 0 Å². The van der Waals surface area contributed by atoms with E-state index in [1.807, 2.05) is 13.0 Å². The molecule has 120 valence electrons. The molecule has 1 aromatic heterocycles. The zero-order valence-electron chi connectivity index (χ0n) is 12.7. The van der Waals surface area contributed by atoms with Crippen LogP contribution in [0.1, 0.15) is 26.2 Å². The molecule has 7 heteroatoms. The summed E-state index contributed by atoms with van der Waals surface area (Å²) in [6, 6.07) is 3.67. The van der Waals surface area contributed by atoms with Crippen LogP contribution < -0.4 is 4.90 Å². The highest BCUT2D eigenvalue weighted by Gasteiger charge is 2.49. The first kappa shape index (κ1) is 15.4. The third kappa shape index (κ3) is 2.75. The van der Waals surface area contributed by atoms with Gasteiger partial charge >= 0.3 is 0 Å². The lowest BCUT2D eigenvalue weighted by Gasteiger charge is -2.24. The molecule has 2 saturated heterocycles. The average Bonchev–Trinajstić information content (AvgIpc) is 3.04. The summed E-state index contributed by atoms with van der Waals surface area (Å²) >= 11 is 0. The van der Waals surface area contributed by atoms with Crippen LogP contribution in [0.15, 0.2) is 24.5 Å². The van der Waals surface area contributed by atoms with Crippen LogP contribution in [-0.4, -0.2) is 49.0 Å². The number of carbonyl (C=O) groups is 1. The third-order valence-electron chi connectivity index (χ3n) is 4.54. The lowest BCUT2D eigenvalue weighted by molar-refractivity contribution is -0.117. The van der Waals surface area contributed by atoms with Gasteiger partial charge in [0.25, 0.3) is 0 Å². The SMILES string of the molecule is CCCS(=O)(=O)N1CCC2(CC(=O)N(c3cccnc3)C2)C1. The monoisotopic (exact) mass is 323 g/mol. The molecule has 0 aromatic carbocycles. The number of aromatic nitrogens is 1. The van der Waals surface area contributed by atoms with Gasteiger partial charge in [-0.3, -0.25) is 9.78 Å². The molecule has 0 N–H and O–H groups in total. The highest BCUT2D eigenvalue weighted by atomic mass is 32.2. The minimum Gasteiger partial charge on any atom is -0.310 e. The number of carbonyl (C=O) groups excluding carboxylic acids is 1. The molecule has 22 heavy (non-hydrogen) atoms. The Hall–Kier alpha value is -1.47. The van der Waals surface area contributed by atoms with E-state index < -0.39 is 10.0 Å². The molecule has 0 radical (unpaired) electrons. The zero-order chi connectivity index (χ0) is 15.8. The van der Waals surface area contributed by atoms with Crippen LogP contribution in [0.3, 0.4) is 0 Å². The number of sulfonamides is 1. The van der Waals surface area contributed by atoms with Gasteiger partial charge in [0, 0.05) is 37.7 Å². The highest BCUT2D eigenvalue weighted by molar-refractivity contribution is 7.89. The molecule has 0 aliphatic carbocycles. The van der Waals surface area contributed by atoms with Gasteiger partial charge in [0.05, 0.1) is 17.6 Å². The van der Waals surface area contributed by atoms with Crippen LogP contribution in [0.5, 0.6) is 0 Å². The van der Waals surface area contributed by atoms with E-state index in [0.29, 0.717) is 32.5 Å². The van der Waals surface area contributed by atoms with Crippen molar-refractivity contribution in [3.63, 3.8) is 0 Å². The summed E-state index contributed by atoms with van der Waals surface area (Å²) in [7, 11) is -3.18. The van der Waals surface area contributed by atoms with Crippen molar-refractivity contribution in [1.29, 1.82) is 0 Å². The van der Waals surface area contributed by atoms with Gasteiger partial charge < -0.3 is 4.90 Å². The lowest BCUT2D eigenvalue weighted by Crippen LogP contribution is -2.35. The predicted molar refractivity (Wildman–Crippen MR) is 83.9 cm³/mol. The Kier molecular flexibility index (Phi) is 3.94. The maximum Gasteiger partial charge on any atom is 0.227 e. The maximum atomic E-state index is 12.3. The molecule has 2 aliphatic heterocycles. The Morgan fingerprint density at radius 1 is 1.36 bits per heavy atom. The number of amides is 1. The van der Waals surface area contributed by atoms with Gasteiger partial charge in [-0.2, -0.15) is 0 Å². The molecule has 0 bridgehead atoms. The summed E-state index contributed by atoms with van der Waals surface area (Å²) in [6.07, 6.45) is 5.14. The fraction of sp³-hybridized carbons (Fsp3) is 0.600. The highest BCUT2D eigenvalue weighted by Crippen LogP contribution is 2.42. The lowest BCUT2D eigenvalue weighted by atomic mass is 9.86. The first-order chi connectivity index (χ1) is 10.5. The zero-order valence-corrected chi connectivity index (χ0v) is 13.6. The molecule has 0 saturated carbocycles. The van der Waals surface area contributed by atoms with E-state index in [-0.39, 0.29) is 17.1 Å². The van der Waals surface area contributed by atoms with Gasteiger partial charge in [0.2, 0.25) is 15.9 Å². The molecule has 6 nitrogen and oxygen atoms in total. The quantitative estimate of drug-likeness (QED) is 0.836. The first-order valence-corrected chi connectivity index (χ1v) is 9.25. The summed E-state index contributed by atoms with van der Waals surface area (Å²) in [5.74, 6) is 0.242. The molecule has 2 fully saturated rings. The van der Waals surface area contributed by atoms with Gasteiger partial charge in [0.15, 0.2) is 0 Å². The molecule has 3 heterocycles. The second kappa shape index (κ2) is 5.62. The molecular formula is C15H21N3O3S. The fourth-order valence-electron chi connectivity index (χ4n) is 3.44. The van der Waals surface area contributed by atoms with Crippen molar-refractivity contribution in [1.82, 2.24) is 9.29 Å². The standard InChI is InChI=1S/C15H21N3O3S/c1-2-8-22(20,21)17-7-5-15(11-17)9-14(19)18(12-15)13-4-3-6-16-10-13/h3-4,6,10H,2,5,7-9,11-12H2,1H3. The molecule has 1 unspecified atom stereocenters. The molecule has 2 aliphatic rings. The van der Waals surface area contributed by atoms with Crippen molar-refractivity contribution >= 4 is 21.6 Å². The first-order valence-electron chi connectivity index (χ1n) is 7.64. The maximum absolute atomic E-state index is 12.3. The Morgan fingerprint density at radius 3 is 2.86 bits per heavy atom. The number of rotatable bonds is 4. The molecule has 1 spiro atoms. The number of hydrogen-bond donors (Lipinski definition) is 0. The normalized spacial score (nSPS) is 26.2. The van der Waals surface area contributed by atoms with Crippen LogP contribution in [0.25, 0.3) is 0 Å². The summed E-state index contributed by atoms with van der Waals surface area (Å²) in [4.78, 5) is 18.1. The molecular weight excluding hydrogens is 302 g/mol. The summed E-state index contributed by atoms with van der Waals surface area (Å²) in [5.41, 5.74) is 0.549. The van der Waals surface area contributed by atoms with Gasteiger partial charge in [-0.05, 0) is 25.0 Å². The number of hydrogen-bond acceptors (Lipinski definition) is 4.